The molecule has 2 atom stereocenters. The van der Waals surface area contributed by atoms with E-state index in [0.717, 1.165) is 41.7 Å². The van der Waals surface area contributed by atoms with Crippen LogP contribution in [0.15, 0.2) is 11.2 Å². The Morgan fingerprint density at radius 3 is 2.58 bits per heavy atom. The first-order valence-corrected chi connectivity index (χ1v) is 8.36. The van der Waals surface area contributed by atoms with Crippen molar-refractivity contribution in [2.45, 2.75) is 38.3 Å². The Bertz CT molecular complexity index is 410. The molecule has 2 N–H and O–H groups in total. The van der Waals surface area contributed by atoms with Crippen molar-refractivity contribution < 1.29 is 0 Å². The Balaban J connectivity index is 2.00. The van der Waals surface area contributed by atoms with E-state index in [0.29, 0.717) is 0 Å². The molecule has 1 heterocycles. The van der Waals surface area contributed by atoms with Crippen molar-refractivity contribution in [2.24, 2.45) is 11.8 Å². The van der Waals surface area contributed by atoms with Crippen LogP contribution in [0.25, 0.3) is 0 Å². The van der Waals surface area contributed by atoms with Crippen molar-refractivity contribution >= 4 is 23.4 Å². The van der Waals surface area contributed by atoms with Gasteiger partial charge < -0.3 is 10.6 Å². The van der Waals surface area contributed by atoms with Crippen LogP contribution >= 0.6 is 11.8 Å². The molecule has 0 spiro atoms. The molecule has 2 unspecified atom stereocenters. The molecule has 0 radical (unpaired) electrons. The largest absolute Gasteiger partial charge is 0.370 e. The third-order valence-corrected chi connectivity index (χ3v) is 4.38. The molecule has 2 rings (SSSR count). The highest BCUT2D eigenvalue weighted by Gasteiger charge is 2.23. The summed E-state index contributed by atoms with van der Waals surface area (Å²) in [7, 11) is 0. The summed E-state index contributed by atoms with van der Waals surface area (Å²) >= 11 is 1.58. The SMILES string of the molecule is CCNc1cc(NCC2CCCC2C)nc(SC)n1. The Morgan fingerprint density at radius 1 is 1.26 bits per heavy atom. The maximum atomic E-state index is 4.52. The van der Waals surface area contributed by atoms with E-state index in [1.807, 2.05) is 12.3 Å². The van der Waals surface area contributed by atoms with Crippen molar-refractivity contribution in [3.63, 3.8) is 0 Å². The maximum Gasteiger partial charge on any atom is 0.191 e. The molecule has 1 aromatic heterocycles. The zero-order valence-corrected chi connectivity index (χ0v) is 12.9. The predicted octanol–water partition coefficient (Wildman–Crippen LogP) is 3.48. The molecule has 0 bridgehead atoms. The fourth-order valence-electron chi connectivity index (χ4n) is 2.64. The molecular formula is C14H24N4S. The van der Waals surface area contributed by atoms with E-state index >= 15 is 0 Å². The summed E-state index contributed by atoms with van der Waals surface area (Å²) in [5.41, 5.74) is 0. The lowest BCUT2D eigenvalue weighted by atomic mass is 9.98. The van der Waals surface area contributed by atoms with Crippen LogP contribution in [0.5, 0.6) is 0 Å². The van der Waals surface area contributed by atoms with Gasteiger partial charge in [-0.2, -0.15) is 0 Å². The van der Waals surface area contributed by atoms with E-state index in [-0.39, 0.29) is 0 Å². The molecule has 0 amide bonds. The molecule has 1 aliphatic rings. The van der Waals surface area contributed by atoms with Crippen molar-refractivity contribution in [1.82, 2.24) is 9.97 Å². The van der Waals surface area contributed by atoms with Gasteiger partial charge in [-0.3, -0.25) is 0 Å². The normalized spacial score (nSPS) is 22.5. The van der Waals surface area contributed by atoms with Gasteiger partial charge in [-0.05, 0) is 31.4 Å². The lowest BCUT2D eigenvalue weighted by Gasteiger charge is -2.17. The highest BCUT2D eigenvalue weighted by molar-refractivity contribution is 7.98. The number of rotatable bonds is 6. The Morgan fingerprint density at radius 2 is 2.00 bits per heavy atom. The van der Waals surface area contributed by atoms with E-state index < -0.39 is 0 Å². The van der Waals surface area contributed by atoms with E-state index in [1.54, 1.807) is 11.8 Å². The first-order valence-electron chi connectivity index (χ1n) is 7.13. The number of hydrogen-bond acceptors (Lipinski definition) is 5. The summed E-state index contributed by atoms with van der Waals surface area (Å²) in [6.07, 6.45) is 6.09. The van der Waals surface area contributed by atoms with Gasteiger partial charge in [-0.25, -0.2) is 9.97 Å². The Hall–Kier alpha value is -0.970. The van der Waals surface area contributed by atoms with Gasteiger partial charge in [-0.15, -0.1) is 0 Å². The zero-order valence-electron chi connectivity index (χ0n) is 12.1. The Kier molecular flexibility index (Phi) is 5.31. The molecule has 0 aromatic carbocycles. The van der Waals surface area contributed by atoms with Gasteiger partial charge >= 0.3 is 0 Å². The molecule has 4 nitrogen and oxygen atoms in total. The highest BCUT2D eigenvalue weighted by atomic mass is 32.2. The topological polar surface area (TPSA) is 49.8 Å². The van der Waals surface area contributed by atoms with Crippen molar-refractivity contribution in [3.8, 4) is 0 Å². The van der Waals surface area contributed by atoms with Crippen LogP contribution in [-0.2, 0) is 0 Å². The number of anilines is 2. The molecule has 106 valence electrons. The zero-order chi connectivity index (χ0) is 13.7. The van der Waals surface area contributed by atoms with Gasteiger partial charge in [0, 0.05) is 19.2 Å². The minimum atomic E-state index is 0.787. The fourth-order valence-corrected chi connectivity index (χ4v) is 3.02. The molecule has 0 saturated heterocycles. The van der Waals surface area contributed by atoms with Gasteiger partial charge in [0.05, 0.1) is 0 Å². The summed E-state index contributed by atoms with van der Waals surface area (Å²) in [6.45, 7) is 6.34. The standard InChI is InChI=1S/C14H24N4S/c1-4-15-12-8-13(18-14(17-12)19-3)16-9-11-7-5-6-10(11)2/h8,10-11H,4-7,9H2,1-3H3,(H2,15,16,17,18). The second-order valence-corrected chi connectivity index (χ2v) is 5.98. The van der Waals surface area contributed by atoms with Crippen LogP contribution in [0.1, 0.15) is 33.1 Å². The van der Waals surface area contributed by atoms with Gasteiger partial charge in [0.2, 0.25) is 0 Å². The molecule has 1 saturated carbocycles. The Labute approximate surface area is 120 Å². The van der Waals surface area contributed by atoms with Crippen LogP contribution in [0.4, 0.5) is 11.6 Å². The summed E-state index contributed by atoms with van der Waals surface area (Å²) in [6, 6.07) is 2.00. The van der Waals surface area contributed by atoms with Crippen LogP contribution in [-0.4, -0.2) is 29.3 Å². The highest BCUT2D eigenvalue weighted by Crippen LogP contribution is 2.31. The average Bonchev–Trinajstić information content (AvgIpc) is 2.82. The van der Waals surface area contributed by atoms with Crippen molar-refractivity contribution in [1.29, 1.82) is 0 Å². The van der Waals surface area contributed by atoms with E-state index in [4.69, 9.17) is 0 Å². The van der Waals surface area contributed by atoms with Gasteiger partial charge in [0.15, 0.2) is 5.16 Å². The second-order valence-electron chi connectivity index (χ2n) is 5.20. The summed E-state index contributed by atoms with van der Waals surface area (Å²) < 4.78 is 0. The molecule has 1 fully saturated rings. The monoisotopic (exact) mass is 280 g/mol. The van der Waals surface area contributed by atoms with Crippen LogP contribution in [0.3, 0.4) is 0 Å². The van der Waals surface area contributed by atoms with Gasteiger partial charge in [0.1, 0.15) is 11.6 Å². The van der Waals surface area contributed by atoms with E-state index in [2.05, 4.69) is 34.4 Å². The lowest BCUT2D eigenvalue weighted by molar-refractivity contribution is 0.439. The smallest absolute Gasteiger partial charge is 0.191 e. The summed E-state index contributed by atoms with van der Waals surface area (Å²) in [5.74, 6) is 3.47. The second kappa shape index (κ2) is 6.98. The summed E-state index contributed by atoms with van der Waals surface area (Å²) in [4.78, 5) is 8.96. The molecule has 0 aliphatic heterocycles. The van der Waals surface area contributed by atoms with Gasteiger partial charge in [-0.1, -0.05) is 31.5 Å². The predicted molar refractivity (Wildman–Crippen MR) is 83.0 cm³/mol. The third-order valence-electron chi connectivity index (χ3n) is 3.83. The minimum Gasteiger partial charge on any atom is -0.370 e. The van der Waals surface area contributed by atoms with Crippen molar-refractivity contribution in [2.75, 3.05) is 30.0 Å². The molecule has 1 aromatic rings. The third kappa shape index (κ3) is 4.00. The number of nitrogens with zero attached hydrogens (tertiary/aromatic N) is 2. The number of nitrogens with one attached hydrogen (secondary N) is 2. The first kappa shape index (κ1) is 14.4. The lowest BCUT2D eigenvalue weighted by Crippen LogP contribution is -2.17. The fraction of sp³-hybridized carbons (Fsp3) is 0.714. The van der Waals surface area contributed by atoms with Crippen molar-refractivity contribution in [3.05, 3.63) is 6.07 Å². The van der Waals surface area contributed by atoms with Gasteiger partial charge in [0.25, 0.3) is 0 Å². The molecule has 5 heteroatoms. The summed E-state index contributed by atoms with van der Waals surface area (Å²) in [5, 5.41) is 7.56. The van der Waals surface area contributed by atoms with Crippen LogP contribution in [0.2, 0.25) is 0 Å². The molecule has 19 heavy (non-hydrogen) atoms. The average molecular weight is 280 g/mol. The molecular weight excluding hydrogens is 256 g/mol. The number of hydrogen-bond donors (Lipinski definition) is 2. The maximum absolute atomic E-state index is 4.52. The quantitative estimate of drug-likeness (QED) is 0.617. The number of thioether (sulfide) groups is 1. The van der Waals surface area contributed by atoms with E-state index in [1.165, 1.54) is 19.3 Å². The molecule has 1 aliphatic carbocycles. The first-order chi connectivity index (χ1) is 9.22. The van der Waals surface area contributed by atoms with Crippen LogP contribution < -0.4 is 10.6 Å². The minimum absolute atomic E-state index is 0.787. The van der Waals surface area contributed by atoms with E-state index in [9.17, 15) is 0 Å². The van der Waals surface area contributed by atoms with Crippen LogP contribution in [0, 0.1) is 11.8 Å². The number of aromatic nitrogens is 2.